The molecule has 0 fully saturated rings. The van der Waals surface area contributed by atoms with Crippen LogP contribution in [0.5, 0.6) is 5.75 Å². The molecule has 0 atom stereocenters. The van der Waals surface area contributed by atoms with Crippen LogP contribution in [0, 0.1) is 0 Å². The monoisotopic (exact) mass is 329 g/mol. The Labute approximate surface area is 144 Å². The normalized spacial score (nSPS) is 10.8. The Morgan fingerprint density at radius 1 is 0.920 bits per heavy atom. The Hall–Kier alpha value is -3.47. The highest BCUT2D eigenvalue weighted by molar-refractivity contribution is 5.86. The number of aromatic amines is 1. The number of nitrogens with zero attached hydrogens (tertiary/aromatic N) is 2. The van der Waals surface area contributed by atoms with Crippen LogP contribution in [-0.2, 0) is 0 Å². The van der Waals surface area contributed by atoms with Crippen molar-refractivity contribution in [1.29, 1.82) is 0 Å². The van der Waals surface area contributed by atoms with E-state index in [9.17, 15) is 4.79 Å². The number of rotatable bonds is 3. The van der Waals surface area contributed by atoms with Crippen LogP contribution in [0.25, 0.3) is 33.4 Å². The molecule has 2 aromatic carbocycles. The van der Waals surface area contributed by atoms with E-state index >= 15 is 0 Å². The highest BCUT2D eigenvalue weighted by Gasteiger charge is 2.13. The second kappa shape index (κ2) is 6.20. The standard InChI is InChI=1S/C20H15N3O2/c1-25-17-12-21-11-16-18(17)20(24)23-19(22-16)15-10-6-5-9-14(15)13-7-3-2-4-8-13/h2-12H,1H3,(H,22,23,24). The summed E-state index contributed by atoms with van der Waals surface area (Å²) < 4.78 is 5.22. The van der Waals surface area contributed by atoms with Crippen LogP contribution in [0.15, 0.2) is 71.8 Å². The van der Waals surface area contributed by atoms with Crippen LogP contribution < -0.4 is 10.3 Å². The first-order valence-corrected chi connectivity index (χ1v) is 7.85. The average Bonchev–Trinajstić information content (AvgIpc) is 2.68. The molecule has 5 heteroatoms. The van der Waals surface area contributed by atoms with Crippen molar-refractivity contribution in [3.05, 3.63) is 77.3 Å². The Kier molecular flexibility index (Phi) is 3.74. The second-order valence-electron chi connectivity index (χ2n) is 5.56. The van der Waals surface area contributed by atoms with Crippen molar-refractivity contribution in [2.45, 2.75) is 0 Å². The zero-order valence-electron chi connectivity index (χ0n) is 13.6. The fourth-order valence-corrected chi connectivity index (χ4v) is 2.90. The molecule has 0 radical (unpaired) electrons. The lowest BCUT2D eigenvalue weighted by Gasteiger charge is -2.10. The number of benzene rings is 2. The van der Waals surface area contributed by atoms with Crippen molar-refractivity contribution in [2.24, 2.45) is 0 Å². The summed E-state index contributed by atoms with van der Waals surface area (Å²) in [7, 11) is 1.51. The molecular formula is C20H15N3O2. The van der Waals surface area contributed by atoms with E-state index in [-0.39, 0.29) is 5.56 Å². The zero-order chi connectivity index (χ0) is 17.2. The molecule has 0 unspecified atom stereocenters. The Balaban J connectivity index is 1.97. The van der Waals surface area contributed by atoms with Crippen molar-refractivity contribution in [3.8, 4) is 28.3 Å². The molecule has 4 aromatic rings. The van der Waals surface area contributed by atoms with Gasteiger partial charge in [-0.15, -0.1) is 0 Å². The van der Waals surface area contributed by atoms with Gasteiger partial charge < -0.3 is 9.72 Å². The van der Waals surface area contributed by atoms with Gasteiger partial charge in [-0.3, -0.25) is 9.78 Å². The number of fused-ring (bicyclic) bond motifs is 1. The van der Waals surface area contributed by atoms with Gasteiger partial charge in [0.1, 0.15) is 16.7 Å². The third-order valence-electron chi connectivity index (χ3n) is 4.07. The summed E-state index contributed by atoms with van der Waals surface area (Å²) in [5.41, 5.74) is 3.17. The van der Waals surface area contributed by atoms with E-state index in [1.54, 1.807) is 6.20 Å². The highest BCUT2D eigenvalue weighted by atomic mass is 16.5. The number of pyridine rings is 1. The number of H-pyrrole nitrogens is 1. The molecule has 0 bridgehead atoms. The van der Waals surface area contributed by atoms with Crippen molar-refractivity contribution in [1.82, 2.24) is 15.0 Å². The second-order valence-corrected chi connectivity index (χ2v) is 5.56. The molecule has 2 heterocycles. The van der Waals surface area contributed by atoms with Crippen LogP contribution in [0.3, 0.4) is 0 Å². The molecule has 2 aromatic heterocycles. The largest absolute Gasteiger partial charge is 0.494 e. The van der Waals surface area contributed by atoms with Crippen molar-refractivity contribution in [2.75, 3.05) is 7.11 Å². The molecule has 25 heavy (non-hydrogen) atoms. The van der Waals surface area contributed by atoms with Gasteiger partial charge in [0.25, 0.3) is 5.56 Å². The number of aromatic nitrogens is 3. The third kappa shape index (κ3) is 2.65. The molecule has 1 N–H and O–H groups in total. The molecule has 122 valence electrons. The van der Waals surface area contributed by atoms with E-state index in [1.165, 1.54) is 13.3 Å². The predicted molar refractivity (Wildman–Crippen MR) is 97.6 cm³/mol. The first kappa shape index (κ1) is 15.1. The van der Waals surface area contributed by atoms with Gasteiger partial charge in [-0.1, -0.05) is 54.6 Å². The first-order valence-electron chi connectivity index (χ1n) is 7.85. The highest BCUT2D eigenvalue weighted by Crippen LogP contribution is 2.30. The van der Waals surface area contributed by atoms with Gasteiger partial charge >= 0.3 is 0 Å². The van der Waals surface area contributed by atoms with Crippen molar-refractivity contribution in [3.63, 3.8) is 0 Å². The lowest BCUT2D eigenvalue weighted by atomic mass is 9.99. The molecule has 5 nitrogen and oxygen atoms in total. The minimum Gasteiger partial charge on any atom is -0.494 e. The zero-order valence-corrected chi connectivity index (χ0v) is 13.6. The van der Waals surface area contributed by atoms with Gasteiger partial charge in [-0.05, 0) is 11.1 Å². The van der Waals surface area contributed by atoms with Gasteiger partial charge in [0.2, 0.25) is 0 Å². The van der Waals surface area contributed by atoms with E-state index in [4.69, 9.17) is 4.74 Å². The molecular weight excluding hydrogens is 314 g/mol. The van der Waals surface area contributed by atoms with Crippen LogP contribution in [0.2, 0.25) is 0 Å². The maximum atomic E-state index is 12.6. The number of hydrogen-bond acceptors (Lipinski definition) is 4. The number of hydrogen-bond donors (Lipinski definition) is 1. The summed E-state index contributed by atoms with van der Waals surface area (Å²) in [6, 6.07) is 17.9. The SMILES string of the molecule is COc1cncc2nc(-c3ccccc3-c3ccccc3)[nH]c(=O)c12. The Bertz CT molecular complexity index is 1100. The molecule has 0 spiro atoms. The lowest BCUT2D eigenvalue weighted by Crippen LogP contribution is -2.11. The Morgan fingerprint density at radius 3 is 2.40 bits per heavy atom. The minimum absolute atomic E-state index is 0.248. The van der Waals surface area contributed by atoms with Crippen LogP contribution in [-0.4, -0.2) is 22.1 Å². The van der Waals surface area contributed by atoms with Crippen LogP contribution >= 0.6 is 0 Å². The summed E-state index contributed by atoms with van der Waals surface area (Å²) in [4.78, 5) is 24.2. The van der Waals surface area contributed by atoms with Gasteiger partial charge in [0, 0.05) is 5.56 Å². The van der Waals surface area contributed by atoms with E-state index in [2.05, 4.69) is 15.0 Å². The van der Waals surface area contributed by atoms with E-state index in [1.807, 2.05) is 54.6 Å². The third-order valence-corrected chi connectivity index (χ3v) is 4.07. The maximum Gasteiger partial charge on any atom is 0.262 e. The Morgan fingerprint density at radius 2 is 1.64 bits per heavy atom. The molecule has 0 aliphatic carbocycles. The summed E-state index contributed by atoms with van der Waals surface area (Å²) in [6.07, 6.45) is 3.08. The summed E-state index contributed by atoms with van der Waals surface area (Å²) in [6.45, 7) is 0. The van der Waals surface area contributed by atoms with Crippen molar-refractivity contribution < 1.29 is 4.74 Å². The van der Waals surface area contributed by atoms with Gasteiger partial charge in [0.15, 0.2) is 5.75 Å². The molecule has 4 rings (SSSR count). The van der Waals surface area contributed by atoms with E-state index in [0.29, 0.717) is 22.5 Å². The molecule has 0 saturated carbocycles. The first-order chi connectivity index (χ1) is 12.3. The fraction of sp³-hybridized carbons (Fsp3) is 0.0500. The van der Waals surface area contributed by atoms with Crippen LogP contribution in [0.4, 0.5) is 0 Å². The molecule has 0 aliphatic rings. The summed E-state index contributed by atoms with van der Waals surface area (Å²) >= 11 is 0. The minimum atomic E-state index is -0.248. The lowest BCUT2D eigenvalue weighted by molar-refractivity contribution is 0.417. The quantitative estimate of drug-likeness (QED) is 0.623. The molecule has 0 amide bonds. The van der Waals surface area contributed by atoms with Gasteiger partial charge in [0.05, 0.1) is 19.5 Å². The van der Waals surface area contributed by atoms with Gasteiger partial charge in [-0.2, -0.15) is 0 Å². The number of methoxy groups -OCH3 is 1. The predicted octanol–water partition coefficient (Wildman–Crippen LogP) is 3.66. The van der Waals surface area contributed by atoms with E-state index in [0.717, 1.165) is 16.7 Å². The molecule has 0 saturated heterocycles. The topological polar surface area (TPSA) is 67.9 Å². The average molecular weight is 329 g/mol. The smallest absolute Gasteiger partial charge is 0.262 e. The number of nitrogens with one attached hydrogen (secondary N) is 1. The van der Waals surface area contributed by atoms with Crippen molar-refractivity contribution >= 4 is 10.9 Å². The number of ether oxygens (including phenoxy) is 1. The molecule has 0 aliphatic heterocycles. The fourth-order valence-electron chi connectivity index (χ4n) is 2.90. The maximum absolute atomic E-state index is 12.6. The summed E-state index contributed by atoms with van der Waals surface area (Å²) in [5, 5.41) is 0.401. The van der Waals surface area contributed by atoms with E-state index < -0.39 is 0 Å². The van der Waals surface area contributed by atoms with Crippen LogP contribution in [0.1, 0.15) is 0 Å². The summed E-state index contributed by atoms with van der Waals surface area (Å²) in [5.74, 6) is 0.918. The van der Waals surface area contributed by atoms with Gasteiger partial charge in [-0.25, -0.2) is 4.98 Å².